The van der Waals surface area contributed by atoms with Crippen molar-refractivity contribution < 1.29 is 19.1 Å². The van der Waals surface area contributed by atoms with Crippen molar-refractivity contribution in [3.63, 3.8) is 0 Å². The molecule has 0 fully saturated rings. The number of benzene rings is 2. The number of ketones is 1. The van der Waals surface area contributed by atoms with Gasteiger partial charge in [0.25, 0.3) is 5.91 Å². The Kier molecular flexibility index (Phi) is 5.16. The number of hydrogen-bond acceptors (Lipinski definition) is 4. The molecule has 130 valence electrons. The van der Waals surface area contributed by atoms with Crippen LogP contribution in [0.25, 0.3) is 0 Å². The third kappa shape index (κ3) is 3.89. The van der Waals surface area contributed by atoms with Gasteiger partial charge in [-0.25, -0.2) is 0 Å². The Morgan fingerprint density at radius 3 is 2.72 bits per heavy atom. The minimum absolute atomic E-state index is 0.0787. The molecule has 0 saturated heterocycles. The molecule has 7 heteroatoms. The standard InChI is InChI=1S/C18H15Cl2NO4/c1-11(22)12-2-4-17-15(8-12)21(6-7-24-17)18(23)10-25-16-5-3-13(19)9-14(16)20/h2-5,8-9H,6-7,10H2,1H3. The molecule has 2 aromatic rings. The van der Waals surface area contributed by atoms with E-state index in [1.165, 1.54) is 6.92 Å². The number of carbonyl (C=O) groups is 2. The lowest BCUT2D eigenvalue weighted by atomic mass is 10.1. The fourth-order valence-electron chi connectivity index (χ4n) is 2.51. The number of halogens is 2. The van der Waals surface area contributed by atoms with Crippen molar-refractivity contribution in [2.24, 2.45) is 0 Å². The Morgan fingerprint density at radius 1 is 1.20 bits per heavy atom. The Morgan fingerprint density at radius 2 is 2.00 bits per heavy atom. The van der Waals surface area contributed by atoms with Gasteiger partial charge in [0.1, 0.15) is 18.1 Å². The summed E-state index contributed by atoms with van der Waals surface area (Å²) in [6.45, 7) is 2.04. The monoisotopic (exact) mass is 379 g/mol. The van der Waals surface area contributed by atoms with Crippen molar-refractivity contribution in [2.45, 2.75) is 6.92 Å². The van der Waals surface area contributed by atoms with Gasteiger partial charge in [0.2, 0.25) is 0 Å². The molecular formula is C18H15Cl2NO4. The number of carbonyl (C=O) groups excluding carboxylic acids is 2. The highest BCUT2D eigenvalue weighted by molar-refractivity contribution is 6.35. The molecule has 3 rings (SSSR count). The third-order valence-corrected chi connectivity index (χ3v) is 4.31. The van der Waals surface area contributed by atoms with Gasteiger partial charge < -0.3 is 14.4 Å². The van der Waals surface area contributed by atoms with Gasteiger partial charge in [-0.2, -0.15) is 0 Å². The van der Waals surface area contributed by atoms with E-state index in [4.69, 9.17) is 32.7 Å². The maximum Gasteiger partial charge on any atom is 0.265 e. The van der Waals surface area contributed by atoms with E-state index in [0.29, 0.717) is 45.9 Å². The summed E-state index contributed by atoms with van der Waals surface area (Å²) in [6, 6.07) is 9.83. The molecule has 0 saturated carbocycles. The number of Topliss-reactive ketones (excluding diaryl/α,β-unsaturated/α-hetero) is 1. The number of anilines is 1. The van der Waals surface area contributed by atoms with E-state index in [1.54, 1.807) is 41.3 Å². The largest absolute Gasteiger partial charge is 0.490 e. The zero-order chi connectivity index (χ0) is 18.0. The lowest BCUT2D eigenvalue weighted by Gasteiger charge is -2.29. The summed E-state index contributed by atoms with van der Waals surface area (Å²) in [5.74, 6) is 0.612. The lowest BCUT2D eigenvalue weighted by molar-refractivity contribution is -0.120. The van der Waals surface area contributed by atoms with Gasteiger partial charge in [0.05, 0.1) is 17.3 Å². The first-order valence-corrected chi connectivity index (χ1v) is 8.37. The van der Waals surface area contributed by atoms with E-state index in [-0.39, 0.29) is 18.3 Å². The van der Waals surface area contributed by atoms with Gasteiger partial charge in [0, 0.05) is 10.6 Å². The summed E-state index contributed by atoms with van der Waals surface area (Å²) in [5, 5.41) is 0.823. The number of nitrogens with zero attached hydrogens (tertiary/aromatic N) is 1. The molecule has 0 N–H and O–H groups in total. The molecule has 0 bridgehead atoms. The number of ether oxygens (including phenoxy) is 2. The van der Waals surface area contributed by atoms with Crippen molar-refractivity contribution in [1.29, 1.82) is 0 Å². The van der Waals surface area contributed by atoms with Gasteiger partial charge in [0.15, 0.2) is 12.4 Å². The van der Waals surface area contributed by atoms with Crippen LogP contribution in [-0.2, 0) is 4.79 Å². The SMILES string of the molecule is CC(=O)c1ccc2c(c1)N(C(=O)COc1ccc(Cl)cc1Cl)CCO2. The molecule has 1 amide bonds. The topological polar surface area (TPSA) is 55.8 Å². The Hall–Kier alpha value is -2.24. The number of rotatable bonds is 4. The van der Waals surface area contributed by atoms with Crippen LogP contribution in [0.3, 0.4) is 0 Å². The minimum Gasteiger partial charge on any atom is -0.490 e. The maximum absolute atomic E-state index is 12.6. The molecular weight excluding hydrogens is 365 g/mol. The second kappa shape index (κ2) is 7.33. The summed E-state index contributed by atoms with van der Waals surface area (Å²) < 4.78 is 11.1. The summed E-state index contributed by atoms with van der Waals surface area (Å²) >= 11 is 11.9. The van der Waals surface area contributed by atoms with E-state index >= 15 is 0 Å². The maximum atomic E-state index is 12.6. The molecule has 2 aromatic carbocycles. The normalized spacial score (nSPS) is 13.0. The first-order valence-electron chi connectivity index (χ1n) is 7.61. The van der Waals surface area contributed by atoms with Crippen molar-refractivity contribution in [3.8, 4) is 11.5 Å². The number of fused-ring (bicyclic) bond motifs is 1. The fraction of sp³-hybridized carbons (Fsp3) is 0.222. The van der Waals surface area contributed by atoms with Crippen LogP contribution in [0.2, 0.25) is 10.0 Å². The average Bonchev–Trinajstić information content (AvgIpc) is 2.59. The van der Waals surface area contributed by atoms with Crippen LogP contribution in [0.1, 0.15) is 17.3 Å². The van der Waals surface area contributed by atoms with Crippen molar-refractivity contribution in [3.05, 3.63) is 52.0 Å². The summed E-state index contributed by atoms with van der Waals surface area (Å²) in [5.41, 5.74) is 1.08. The highest BCUT2D eigenvalue weighted by Crippen LogP contribution is 2.33. The van der Waals surface area contributed by atoms with E-state index in [0.717, 1.165) is 0 Å². The van der Waals surface area contributed by atoms with Gasteiger partial charge in [-0.15, -0.1) is 0 Å². The third-order valence-electron chi connectivity index (χ3n) is 3.77. The van der Waals surface area contributed by atoms with Gasteiger partial charge in [-0.05, 0) is 43.3 Å². The fourth-order valence-corrected chi connectivity index (χ4v) is 2.97. The van der Waals surface area contributed by atoms with Crippen molar-refractivity contribution in [1.82, 2.24) is 0 Å². The van der Waals surface area contributed by atoms with Crippen LogP contribution in [0.15, 0.2) is 36.4 Å². The molecule has 25 heavy (non-hydrogen) atoms. The molecule has 1 aliphatic heterocycles. The number of hydrogen-bond donors (Lipinski definition) is 0. The molecule has 0 spiro atoms. The Labute approximate surface area is 155 Å². The van der Waals surface area contributed by atoms with Gasteiger partial charge in [-0.3, -0.25) is 9.59 Å². The van der Waals surface area contributed by atoms with E-state index in [1.807, 2.05) is 0 Å². The second-order valence-corrected chi connectivity index (χ2v) is 6.34. The molecule has 1 heterocycles. The molecule has 1 aliphatic rings. The molecule has 0 unspecified atom stereocenters. The number of amides is 1. The van der Waals surface area contributed by atoms with Crippen molar-refractivity contribution >= 4 is 40.6 Å². The first kappa shape index (κ1) is 17.6. The summed E-state index contributed by atoms with van der Waals surface area (Å²) in [6.07, 6.45) is 0. The van der Waals surface area contributed by atoms with Crippen LogP contribution >= 0.6 is 23.2 Å². The highest BCUT2D eigenvalue weighted by Gasteiger charge is 2.25. The zero-order valence-electron chi connectivity index (χ0n) is 13.4. The summed E-state index contributed by atoms with van der Waals surface area (Å²) in [4.78, 5) is 25.7. The van der Waals surface area contributed by atoms with Crippen LogP contribution < -0.4 is 14.4 Å². The van der Waals surface area contributed by atoms with Crippen molar-refractivity contribution in [2.75, 3.05) is 24.7 Å². The summed E-state index contributed by atoms with van der Waals surface area (Å²) in [7, 11) is 0. The smallest absolute Gasteiger partial charge is 0.265 e. The second-order valence-electron chi connectivity index (χ2n) is 5.50. The van der Waals surface area contributed by atoms with E-state index in [9.17, 15) is 9.59 Å². The molecule has 0 aliphatic carbocycles. The predicted molar refractivity (Wildman–Crippen MR) is 96.3 cm³/mol. The van der Waals surface area contributed by atoms with Gasteiger partial charge in [-0.1, -0.05) is 23.2 Å². The molecule has 5 nitrogen and oxygen atoms in total. The lowest BCUT2D eigenvalue weighted by Crippen LogP contribution is -2.40. The van der Waals surface area contributed by atoms with E-state index in [2.05, 4.69) is 0 Å². The Balaban J connectivity index is 1.77. The van der Waals surface area contributed by atoms with Crippen LogP contribution in [0.4, 0.5) is 5.69 Å². The van der Waals surface area contributed by atoms with Crippen LogP contribution in [-0.4, -0.2) is 31.4 Å². The minimum atomic E-state index is -0.253. The first-order chi connectivity index (χ1) is 12.0. The molecule has 0 aromatic heterocycles. The van der Waals surface area contributed by atoms with Crippen LogP contribution in [0, 0.1) is 0 Å². The predicted octanol–water partition coefficient (Wildman–Crippen LogP) is 4.00. The molecule has 0 atom stereocenters. The zero-order valence-corrected chi connectivity index (χ0v) is 14.9. The quantitative estimate of drug-likeness (QED) is 0.753. The van der Waals surface area contributed by atoms with Crippen LogP contribution in [0.5, 0.6) is 11.5 Å². The average molecular weight is 380 g/mol. The van der Waals surface area contributed by atoms with Gasteiger partial charge >= 0.3 is 0 Å². The van der Waals surface area contributed by atoms with E-state index < -0.39 is 0 Å². The molecule has 0 radical (unpaired) electrons. The Bertz CT molecular complexity index is 838. The highest BCUT2D eigenvalue weighted by atomic mass is 35.5.